The lowest BCUT2D eigenvalue weighted by Gasteiger charge is -2.13. The zero-order valence-corrected chi connectivity index (χ0v) is 12.3. The fourth-order valence-electron chi connectivity index (χ4n) is 1.67. The van der Waals surface area contributed by atoms with E-state index in [-0.39, 0.29) is 16.2 Å². The molecule has 0 aromatic heterocycles. The second kappa shape index (κ2) is 6.60. The first-order chi connectivity index (χ1) is 8.82. The van der Waals surface area contributed by atoms with Gasteiger partial charge in [-0.25, -0.2) is 0 Å². The standard InChI is InChI=1S/C12H15BrN2O4/c1-8(2)11(13)6-4-9-3-5-10(14(16)17)7-12(9)15(18)19/h3,5,7-8,11H,4,6H2,1-2H3. The predicted octanol–water partition coefficient (Wildman–Crippen LogP) is 3.86. The summed E-state index contributed by atoms with van der Waals surface area (Å²) in [6.07, 6.45) is 1.26. The molecule has 0 aliphatic heterocycles. The van der Waals surface area contributed by atoms with Crippen LogP contribution in [-0.4, -0.2) is 14.7 Å². The lowest BCUT2D eigenvalue weighted by Crippen LogP contribution is -2.09. The molecule has 1 unspecified atom stereocenters. The van der Waals surface area contributed by atoms with E-state index >= 15 is 0 Å². The Balaban J connectivity index is 2.94. The van der Waals surface area contributed by atoms with Gasteiger partial charge in [0, 0.05) is 16.5 Å². The van der Waals surface area contributed by atoms with Gasteiger partial charge < -0.3 is 0 Å². The van der Waals surface area contributed by atoms with E-state index in [0.717, 1.165) is 12.5 Å². The van der Waals surface area contributed by atoms with Crippen LogP contribution in [0.2, 0.25) is 0 Å². The number of rotatable bonds is 6. The smallest absolute Gasteiger partial charge is 0.258 e. The molecule has 0 bridgehead atoms. The summed E-state index contributed by atoms with van der Waals surface area (Å²) in [5.41, 5.74) is 0.0908. The molecule has 0 saturated heterocycles. The van der Waals surface area contributed by atoms with Crippen LogP contribution in [0.3, 0.4) is 0 Å². The van der Waals surface area contributed by atoms with Crippen molar-refractivity contribution in [1.82, 2.24) is 0 Å². The summed E-state index contributed by atoms with van der Waals surface area (Å²) < 4.78 is 0. The lowest BCUT2D eigenvalue weighted by molar-refractivity contribution is -0.394. The molecule has 0 heterocycles. The van der Waals surface area contributed by atoms with Crippen molar-refractivity contribution < 1.29 is 9.85 Å². The molecule has 19 heavy (non-hydrogen) atoms. The highest BCUT2D eigenvalue weighted by Crippen LogP contribution is 2.27. The van der Waals surface area contributed by atoms with Crippen molar-refractivity contribution in [2.24, 2.45) is 5.92 Å². The summed E-state index contributed by atoms with van der Waals surface area (Å²) in [5.74, 6) is 0.428. The van der Waals surface area contributed by atoms with Crippen molar-refractivity contribution >= 4 is 27.3 Å². The van der Waals surface area contributed by atoms with Crippen molar-refractivity contribution in [2.45, 2.75) is 31.5 Å². The number of alkyl halides is 1. The minimum atomic E-state index is -0.627. The van der Waals surface area contributed by atoms with Crippen LogP contribution in [0.25, 0.3) is 0 Å². The zero-order valence-electron chi connectivity index (χ0n) is 10.7. The monoisotopic (exact) mass is 330 g/mol. The van der Waals surface area contributed by atoms with Gasteiger partial charge in [-0.15, -0.1) is 0 Å². The van der Waals surface area contributed by atoms with Crippen molar-refractivity contribution in [3.05, 3.63) is 44.0 Å². The van der Waals surface area contributed by atoms with Gasteiger partial charge >= 0.3 is 0 Å². The Morgan fingerprint density at radius 3 is 2.32 bits per heavy atom. The molecule has 104 valence electrons. The van der Waals surface area contributed by atoms with Gasteiger partial charge in [-0.05, 0) is 24.8 Å². The van der Waals surface area contributed by atoms with Crippen molar-refractivity contribution in [2.75, 3.05) is 0 Å². The number of nitro groups is 2. The molecule has 0 spiro atoms. The quantitative estimate of drug-likeness (QED) is 0.450. The van der Waals surface area contributed by atoms with E-state index in [1.54, 1.807) is 0 Å². The van der Waals surface area contributed by atoms with Crippen LogP contribution >= 0.6 is 15.9 Å². The van der Waals surface area contributed by atoms with Gasteiger partial charge in [-0.3, -0.25) is 20.2 Å². The lowest BCUT2D eigenvalue weighted by atomic mass is 10.0. The molecule has 0 aliphatic rings. The number of hydrogen-bond donors (Lipinski definition) is 0. The number of nitro benzene ring substituents is 2. The topological polar surface area (TPSA) is 86.3 Å². The summed E-state index contributed by atoms with van der Waals surface area (Å²) in [5, 5.41) is 21.6. The highest BCUT2D eigenvalue weighted by molar-refractivity contribution is 9.09. The first-order valence-electron chi connectivity index (χ1n) is 5.88. The maximum atomic E-state index is 10.9. The molecular weight excluding hydrogens is 316 g/mol. The molecule has 0 aliphatic carbocycles. The third-order valence-electron chi connectivity index (χ3n) is 2.89. The van der Waals surface area contributed by atoms with Crippen LogP contribution in [0.4, 0.5) is 11.4 Å². The molecule has 1 atom stereocenters. The molecular formula is C12H15BrN2O4. The largest absolute Gasteiger partial charge is 0.279 e. The molecule has 0 N–H and O–H groups in total. The van der Waals surface area contributed by atoms with E-state index in [2.05, 4.69) is 29.8 Å². The van der Waals surface area contributed by atoms with Crippen LogP contribution in [0.15, 0.2) is 18.2 Å². The maximum Gasteiger partial charge on any atom is 0.279 e. The van der Waals surface area contributed by atoms with Crippen LogP contribution in [0.5, 0.6) is 0 Å². The van der Waals surface area contributed by atoms with Crippen LogP contribution < -0.4 is 0 Å². The summed E-state index contributed by atoms with van der Waals surface area (Å²) >= 11 is 3.52. The van der Waals surface area contributed by atoms with Gasteiger partial charge in [0.1, 0.15) is 0 Å². The summed E-state index contributed by atoms with van der Waals surface area (Å²) in [4.78, 5) is 20.6. The Morgan fingerprint density at radius 2 is 1.84 bits per heavy atom. The molecule has 0 saturated carbocycles. The fraction of sp³-hybridized carbons (Fsp3) is 0.500. The number of nitrogens with zero attached hydrogens (tertiary/aromatic N) is 2. The van der Waals surface area contributed by atoms with Gasteiger partial charge in [-0.2, -0.15) is 0 Å². The Labute approximate surface area is 119 Å². The van der Waals surface area contributed by atoms with Gasteiger partial charge in [0.25, 0.3) is 11.4 Å². The van der Waals surface area contributed by atoms with E-state index in [9.17, 15) is 20.2 Å². The van der Waals surface area contributed by atoms with Crippen molar-refractivity contribution in [3.63, 3.8) is 0 Å². The van der Waals surface area contributed by atoms with Gasteiger partial charge in [0.2, 0.25) is 0 Å². The number of non-ortho nitro benzene ring substituents is 1. The van der Waals surface area contributed by atoms with E-state index in [0.29, 0.717) is 17.9 Å². The summed E-state index contributed by atoms with van der Waals surface area (Å²) in [6.45, 7) is 4.12. The average molecular weight is 331 g/mol. The van der Waals surface area contributed by atoms with Crippen molar-refractivity contribution in [3.8, 4) is 0 Å². The number of benzene rings is 1. The SMILES string of the molecule is CC(C)C(Br)CCc1ccc([N+](=O)[O-])cc1[N+](=O)[O-]. The Bertz CT molecular complexity index is 491. The highest BCUT2D eigenvalue weighted by Gasteiger charge is 2.20. The number of halogens is 1. The molecule has 1 aromatic carbocycles. The highest BCUT2D eigenvalue weighted by atomic mass is 79.9. The second-order valence-electron chi connectivity index (χ2n) is 4.63. The minimum Gasteiger partial charge on any atom is -0.258 e. The normalized spacial score (nSPS) is 12.4. The third-order valence-corrected chi connectivity index (χ3v) is 4.40. The summed E-state index contributed by atoms with van der Waals surface area (Å²) in [6, 6.07) is 3.80. The third kappa shape index (κ3) is 4.27. The fourth-order valence-corrected chi connectivity index (χ4v) is 1.90. The Hall–Kier alpha value is -1.50. The van der Waals surface area contributed by atoms with E-state index in [1.165, 1.54) is 12.1 Å². The first-order valence-corrected chi connectivity index (χ1v) is 6.80. The molecule has 7 heteroatoms. The van der Waals surface area contributed by atoms with Gasteiger partial charge in [-0.1, -0.05) is 29.8 Å². The molecule has 6 nitrogen and oxygen atoms in total. The van der Waals surface area contributed by atoms with Crippen LogP contribution in [0, 0.1) is 26.1 Å². The van der Waals surface area contributed by atoms with Gasteiger partial charge in [0.05, 0.1) is 15.9 Å². The average Bonchev–Trinajstić information content (AvgIpc) is 2.35. The molecule has 1 aromatic rings. The molecule has 0 fully saturated rings. The van der Waals surface area contributed by atoms with E-state index in [1.807, 2.05) is 0 Å². The Kier molecular flexibility index (Phi) is 5.41. The summed E-state index contributed by atoms with van der Waals surface area (Å²) in [7, 11) is 0. The molecule has 1 rings (SSSR count). The first kappa shape index (κ1) is 15.6. The number of aryl methyl sites for hydroxylation is 1. The molecule has 0 amide bonds. The Morgan fingerprint density at radius 1 is 1.21 bits per heavy atom. The van der Waals surface area contributed by atoms with E-state index < -0.39 is 9.85 Å². The minimum absolute atomic E-state index is 0.183. The maximum absolute atomic E-state index is 10.9. The predicted molar refractivity (Wildman–Crippen MR) is 75.6 cm³/mol. The van der Waals surface area contributed by atoms with Crippen molar-refractivity contribution in [1.29, 1.82) is 0 Å². The van der Waals surface area contributed by atoms with Crippen LogP contribution in [-0.2, 0) is 6.42 Å². The van der Waals surface area contributed by atoms with Crippen LogP contribution in [0.1, 0.15) is 25.8 Å². The number of hydrogen-bond acceptors (Lipinski definition) is 4. The van der Waals surface area contributed by atoms with Gasteiger partial charge in [0.15, 0.2) is 0 Å². The molecule has 0 radical (unpaired) electrons. The van der Waals surface area contributed by atoms with E-state index in [4.69, 9.17) is 0 Å². The second-order valence-corrected chi connectivity index (χ2v) is 5.80. The zero-order chi connectivity index (χ0) is 14.6.